The van der Waals surface area contributed by atoms with Gasteiger partial charge >= 0.3 is 0 Å². The predicted octanol–water partition coefficient (Wildman–Crippen LogP) is 1.62. The van der Waals surface area contributed by atoms with Gasteiger partial charge in [0.05, 0.1) is 59.5 Å². The molecule has 0 radical (unpaired) electrons. The Hall–Kier alpha value is -1.95. The van der Waals surface area contributed by atoms with E-state index in [0.29, 0.717) is 82.3 Å². The molecule has 0 aromatic heterocycles. The lowest BCUT2D eigenvalue weighted by Crippen LogP contribution is -2.14. The summed E-state index contributed by atoms with van der Waals surface area (Å²) >= 11 is 0. The molecule has 0 aliphatic carbocycles. The molecule has 0 fully saturated rings. The van der Waals surface area contributed by atoms with E-state index in [1.54, 1.807) is 33.5 Å². The fraction of sp³-hybridized carbons (Fsp3) is 0.682. The Bertz CT molecular complexity index is 559. The van der Waals surface area contributed by atoms with E-state index in [4.69, 9.17) is 42.6 Å². The molecule has 10 nitrogen and oxygen atoms in total. The van der Waals surface area contributed by atoms with Gasteiger partial charge in [-0.2, -0.15) is 0 Å². The van der Waals surface area contributed by atoms with E-state index in [1.807, 2.05) is 0 Å². The molecule has 0 N–H and O–H groups in total. The molecule has 1 rings (SSSR count). The average molecular weight is 461 g/mol. The van der Waals surface area contributed by atoms with Crippen LogP contribution < -0.4 is 14.2 Å². The van der Waals surface area contributed by atoms with Crippen LogP contribution in [0.2, 0.25) is 0 Å². The fourth-order valence-corrected chi connectivity index (χ4v) is 2.38. The van der Waals surface area contributed by atoms with E-state index >= 15 is 0 Å². The van der Waals surface area contributed by atoms with Gasteiger partial charge in [-0.25, -0.2) is 0 Å². The van der Waals surface area contributed by atoms with Gasteiger partial charge in [-0.1, -0.05) is 0 Å². The molecule has 0 amide bonds. The van der Waals surface area contributed by atoms with Crippen molar-refractivity contribution in [1.29, 1.82) is 0 Å². The Balaban J connectivity index is 2.76. The van der Waals surface area contributed by atoms with Gasteiger partial charge in [0.1, 0.15) is 26.1 Å². The second-order valence-electron chi connectivity index (χ2n) is 6.33. The largest absolute Gasteiger partial charge is 0.487 e. The summed E-state index contributed by atoms with van der Waals surface area (Å²) in [5, 5.41) is 0. The Kier molecular flexibility index (Phi) is 17.3. The summed E-state index contributed by atoms with van der Waals surface area (Å²) in [6.07, 6.45) is 0.724. The molecular weight excluding hydrogens is 424 g/mol. The van der Waals surface area contributed by atoms with Crippen LogP contribution >= 0.6 is 0 Å². The molecule has 0 bridgehead atoms. The van der Waals surface area contributed by atoms with E-state index in [-0.39, 0.29) is 19.8 Å². The maximum absolute atomic E-state index is 11.4. The first-order valence-electron chi connectivity index (χ1n) is 10.5. The molecule has 0 aliphatic rings. The van der Waals surface area contributed by atoms with Crippen LogP contribution in [0.3, 0.4) is 0 Å². The number of ether oxygens (including phenoxy) is 9. The molecule has 0 saturated heterocycles. The van der Waals surface area contributed by atoms with Gasteiger partial charge in [-0.3, -0.25) is 4.79 Å². The Morgan fingerprint density at radius 1 is 0.562 bits per heavy atom. The van der Waals surface area contributed by atoms with Crippen molar-refractivity contribution in [2.24, 2.45) is 0 Å². The Labute approximate surface area is 189 Å². The number of methoxy groups -OCH3 is 3. The number of carbonyl (C=O) groups excluding carboxylic acids is 1. The minimum Gasteiger partial charge on any atom is -0.487 e. The van der Waals surface area contributed by atoms with Crippen molar-refractivity contribution in [3.8, 4) is 17.2 Å². The lowest BCUT2D eigenvalue weighted by atomic mass is 10.2. The normalized spacial score (nSPS) is 10.8. The lowest BCUT2D eigenvalue weighted by molar-refractivity contribution is 0.0468. The lowest BCUT2D eigenvalue weighted by Gasteiger charge is -2.18. The zero-order valence-corrected chi connectivity index (χ0v) is 19.3. The standard InChI is InChI=1S/C22H36O10/c1-24-4-7-27-10-13-30-20-16-19(18-23)17-21(31-14-11-28-8-5-25-2)22(20)32-15-12-29-9-6-26-3/h16-18H,4-15H2,1-3H3. The number of aldehydes is 1. The molecule has 10 heteroatoms. The van der Waals surface area contributed by atoms with Crippen LogP contribution in [-0.4, -0.2) is 107 Å². The van der Waals surface area contributed by atoms with Crippen LogP contribution in [0.1, 0.15) is 10.4 Å². The van der Waals surface area contributed by atoms with Crippen molar-refractivity contribution in [1.82, 2.24) is 0 Å². The highest BCUT2D eigenvalue weighted by Crippen LogP contribution is 2.38. The van der Waals surface area contributed by atoms with Gasteiger partial charge in [0, 0.05) is 26.9 Å². The van der Waals surface area contributed by atoms with Crippen molar-refractivity contribution in [3.63, 3.8) is 0 Å². The van der Waals surface area contributed by atoms with E-state index < -0.39 is 0 Å². The molecule has 1 aromatic rings. The van der Waals surface area contributed by atoms with Crippen molar-refractivity contribution in [2.45, 2.75) is 0 Å². The monoisotopic (exact) mass is 460 g/mol. The topological polar surface area (TPSA) is 100 Å². The summed E-state index contributed by atoms with van der Waals surface area (Å²) in [4.78, 5) is 11.4. The Morgan fingerprint density at radius 3 is 1.31 bits per heavy atom. The third-order valence-electron chi connectivity index (χ3n) is 3.92. The first-order valence-corrected chi connectivity index (χ1v) is 10.5. The van der Waals surface area contributed by atoms with Crippen molar-refractivity contribution >= 4 is 6.29 Å². The van der Waals surface area contributed by atoms with Gasteiger partial charge in [0.15, 0.2) is 11.5 Å². The van der Waals surface area contributed by atoms with Gasteiger partial charge in [0.2, 0.25) is 5.75 Å². The summed E-state index contributed by atoms with van der Waals surface area (Å²) in [5.74, 6) is 1.16. The Morgan fingerprint density at radius 2 is 0.938 bits per heavy atom. The predicted molar refractivity (Wildman–Crippen MR) is 116 cm³/mol. The van der Waals surface area contributed by atoms with E-state index in [1.165, 1.54) is 0 Å². The summed E-state index contributed by atoms with van der Waals surface area (Å²) in [6, 6.07) is 3.20. The molecule has 184 valence electrons. The van der Waals surface area contributed by atoms with Gasteiger partial charge < -0.3 is 42.6 Å². The molecular formula is C22H36O10. The second kappa shape index (κ2) is 19.7. The first kappa shape index (κ1) is 28.1. The van der Waals surface area contributed by atoms with Crippen molar-refractivity contribution in [2.75, 3.05) is 101 Å². The van der Waals surface area contributed by atoms with Crippen LogP contribution in [0, 0.1) is 0 Å². The minimum atomic E-state index is 0.269. The quantitative estimate of drug-likeness (QED) is 0.187. The van der Waals surface area contributed by atoms with Crippen LogP contribution in [0.4, 0.5) is 0 Å². The SMILES string of the molecule is COCCOCCOc1cc(C=O)cc(OCCOCCOC)c1OCCOCCOC. The third kappa shape index (κ3) is 12.8. The number of hydrogen-bond donors (Lipinski definition) is 0. The van der Waals surface area contributed by atoms with Crippen LogP contribution in [0.5, 0.6) is 17.2 Å². The van der Waals surface area contributed by atoms with Crippen LogP contribution in [0.25, 0.3) is 0 Å². The highest BCUT2D eigenvalue weighted by Gasteiger charge is 2.16. The molecule has 0 heterocycles. The maximum atomic E-state index is 11.4. The highest BCUT2D eigenvalue weighted by atomic mass is 16.6. The minimum absolute atomic E-state index is 0.269. The zero-order valence-electron chi connectivity index (χ0n) is 19.3. The molecule has 0 spiro atoms. The number of hydrogen-bond acceptors (Lipinski definition) is 10. The number of rotatable bonds is 22. The van der Waals surface area contributed by atoms with E-state index in [0.717, 1.165) is 6.29 Å². The summed E-state index contributed by atoms with van der Waals surface area (Å²) in [7, 11) is 4.83. The van der Waals surface area contributed by atoms with Gasteiger partial charge in [-0.05, 0) is 12.1 Å². The zero-order chi connectivity index (χ0) is 23.3. The van der Waals surface area contributed by atoms with E-state index in [9.17, 15) is 4.79 Å². The van der Waals surface area contributed by atoms with Crippen LogP contribution in [0.15, 0.2) is 12.1 Å². The molecule has 0 unspecified atom stereocenters. The third-order valence-corrected chi connectivity index (χ3v) is 3.92. The molecule has 0 aliphatic heterocycles. The smallest absolute Gasteiger partial charge is 0.203 e. The van der Waals surface area contributed by atoms with Crippen LogP contribution in [-0.2, 0) is 28.4 Å². The number of carbonyl (C=O) groups is 1. The molecule has 32 heavy (non-hydrogen) atoms. The number of benzene rings is 1. The van der Waals surface area contributed by atoms with Crippen molar-refractivity contribution in [3.05, 3.63) is 17.7 Å². The maximum Gasteiger partial charge on any atom is 0.203 e. The van der Waals surface area contributed by atoms with Gasteiger partial charge in [-0.15, -0.1) is 0 Å². The summed E-state index contributed by atoms with van der Waals surface area (Å²) in [6.45, 7) is 4.79. The average Bonchev–Trinajstić information content (AvgIpc) is 2.81. The fourth-order valence-electron chi connectivity index (χ4n) is 2.38. The van der Waals surface area contributed by atoms with Gasteiger partial charge in [0.25, 0.3) is 0 Å². The van der Waals surface area contributed by atoms with Crippen molar-refractivity contribution < 1.29 is 47.4 Å². The summed E-state index contributed by atoms with van der Waals surface area (Å²) < 4.78 is 48.6. The second-order valence-corrected chi connectivity index (χ2v) is 6.33. The highest BCUT2D eigenvalue weighted by molar-refractivity contribution is 5.78. The molecule has 0 saturated carbocycles. The molecule has 1 aromatic carbocycles. The molecule has 0 atom stereocenters. The first-order chi connectivity index (χ1) is 15.8. The van der Waals surface area contributed by atoms with E-state index in [2.05, 4.69) is 0 Å². The summed E-state index contributed by atoms with van der Waals surface area (Å²) in [5.41, 5.74) is 0.402.